The molecule has 0 saturated heterocycles. The maximum atomic E-state index is 12.3. The lowest BCUT2D eigenvalue weighted by Crippen LogP contribution is -2.44. The molecule has 1 aromatic rings. The molecule has 0 fully saturated rings. The summed E-state index contributed by atoms with van der Waals surface area (Å²) in [6, 6.07) is 8.21. The highest BCUT2D eigenvalue weighted by atomic mass is 16.3. The molecular weight excluding hydrogens is 264 g/mol. The predicted molar refractivity (Wildman–Crippen MR) is 86.1 cm³/mol. The molecule has 1 amide bonds. The van der Waals surface area contributed by atoms with Crippen molar-refractivity contribution in [2.24, 2.45) is 0 Å². The van der Waals surface area contributed by atoms with Crippen LogP contribution in [0.3, 0.4) is 0 Å². The van der Waals surface area contributed by atoms with Crippen molar-refractivity contribution < 1.29 is 9.90 Å². The van der Waals surface area contributed by atoms with Gasteiger partial charge < -0.3 is 10.0 Å². The summed E-state index contributed by atoms with van der Waals surface area (Å²) in [4.78, 5) is 16.0. The highest BCUT2D eigenvalue weighted by Crippen LogP contribution is 2.08. The topological polar surface area (TPSA) is 43.8 Å². The van der Waals surface area contributed by atoms with Crippen LogP contribution in [0.1, 0.15) is 31.9 Å². The standard InChI is InChI=1S/C17H28N2O2/c1-6-19(13-17(3,4)21)12-16(20)18(5)11-15-9-7-14(2)8-10-15/h7-10,21H,6,11-13H2,1-5H3. The lowest BCUT2D eigenvalue weighted by molar-refractivity contribution is -0.132. The van der Waals surface area contributed by atoms with Gasteiger partial charge in [-0.1, -0.05) is 36.8 Å². The molecule has 0 saturated carbocycles. The number of hydrogen-bond donors (Lipinski definition) is 1. The molecule has 0 aliphatic heterocycles. The van der Waals surface area contributed by atoms with Gasteiger partial charge in [-0.2, -0.15) is 0 Å². The average molecular weight is 292 g/mol. The Labute approximate surface area is 128 Å². The fourth-order valence-corrected chi connectivity index (χ4v) is 2.19. The van der Waals surface area contributed by atoms with E-state index >= 15 is 0 Å². The van der Waals surface area contributed by atoms with Crippen molar-refractivity contribution in [1.82, 2.24) is 9.80 Å². The third-order valence-electron chi connectivity index (χ3n) is 3.38. The summed E-state index contributed by atoms with van der Waals surface area (Å²) in [7, 11) is 1.82. The Hall–Kier alpha value is -1.39. The van der Waals surface area contributed by atoms with E-state index in [-0.39, 0.29) is 5.91 Å². The van der Waals surface area contributed by atoms with E-state index in [4.69, 9.17) is 0 Å². The molecular formula is C17H28N2O2. The lowest BCUT2D eigenvalue weighted by atomic mass is 10.1. The Bertz CT molecular complexity index is 449. The number of amides is 1. The second-order valence-electron chi connectivity index (χ2n) is 6.35. The van der Waals surface area contributed by atoms with Crippen LogP contribution in [0, 0.1) is 6.92 Å². The Kier molecular flexibility index (Phi) is 6.37. The number of benzene rings is 1. The second-order valence-corrected chi connectivity index (χ2v) is 6.35. The average Bonchev–Trinajstić information content (AvgIpc) is 2.38. The summed E-state index contributed by atoms with van der Waals surface area (Å²) in [6.07, 6.45) is 0. The third-order valence-corrected chi connectivity index (χ3v) is 3.38. The van der Waals surface area contributed by atoms with Crippen molar-refractivity contribution in [1.29, 1.82) is 0 Å². The van der Waals surface area contributed by atoms with Gasteiger partial charge in [0, 0.05) is 20.1 Å². The van der Waals surface area contributed by atoms with E-state index < -0.39 is 5.60 Å². The number of aliphatic hydroxyl groups is 1. The fourth-order valence-electron chi connectivity index (χ4n) is 2.19. The molecule has 4 nitrogen and oxygen atoms in total. The highest BCUT2D eigenvalue weighted by molar-refractivity contribution is 5.78. The van der Waals surface area contributed by atoms with Crippen LogP contribution in [0.25, 0.3) is 0 Å². The Morgan fingerprint density at radius 3 is 2.29 bits per heavy atom. The minimum Gasteiger partial charge on any atom is -0.389 e. The zero-order valence-corrected chi connectivity index (χ0v) is 13.9. The van der Waals surface area contributed by atoms with E-state index in [0.717, 1.165) is 12.1 Å². The van der Waals surface area contributed by atoms with E-state index in [1.165, 1.54) is 5.56 Å². The summed E-state index contributed by atoms with van der Waals surface area (Å²) < 4.78 is 0. The number of likely N-dealkylation sites (N-methyl/N-ethyl adjacent to an activating group) is 2. The quantitative estimate of drug-likeness (QED) is 0.836. The van der Waals surface area contributed by atoms with Crippen LogP contribution < -0.4 is 0 Å². The van der Waals surface area contributed by atoms with Crippen LogP contribution in [-0.2, 0) is 11.3 Å². The van der Waals surface area contributed by atoms with E-state index in [9.17, 15) is 9.90 Å². The van der Waals surface area contributed by atoms with Crippen molar-refractivity contribution >= 4 is 5.91 Å². The number of rotatable bonds is 7. The Morgan fingerprint density at radius 1 is 1.24 bits per heavy atom. The molecule has 118 valence electrons. The SMILES string of the molecule is CCN(CC(=O)N(C)Cc1ccc(C)cc1)CC(C)(C)O. The molecule has 1 aromatic carbocycles. The zero-order chi connectivity index (χ0) is 16.0. The smallest absolute Gasteiger partial charge is 0.236 e. The summed E-state index contributed by atoms with van der Waals surface area (Å²) in [5.74, 6) is 0.0710. The van der Waals surface area contributed by atoms with Crippen LogP contribution in [0.2, 0.25) is 0 Å². The highest BCUT2D eigenvalue weighted by Gasteiger charge is 2.20. The minimum atomic E-state index is -0.786. The maximum absolute atomic E-state index is 12.3. The summed E-state index contributed by atoms with van der Waals surface area (Å²) >= 11 is 0. The molecule has 0 aliphatic rings. The van der Waals surface area contributed by atoms with Crippen LogP contribution >= 0.6 is 0 Å². The molecule has 4 heteroatoms. The molecule has 0 aliphatic carbocycles. The molecule has 1 N–H and O–H groups in total. The maximum Gasteiger partial charge on any atom is 0.236 e. The number of nitrogens with zero attached hydrogens (tertiary/aromatic N) is 2. The molecule has 0 radical (unpaired) electrons. The van der Waals surface area contributed by atoms with Crippen LogP contribution in [0.15, 0.2) is 24.3 Å². The van der Waals surface area contributed by atoms with E-state index in [0.29, 0.717) is 19.6 Å². The van der Waals surface area contributed by atoms with Gasteiger partial charge in [-0.05, 0) is 32.9 Å². The molecule has 21 heavy (non-hydrogen) atoms. The van der Waals surface area contributed by atoms with Crippen molar-refractivity contribution in [3.05, 3.63) is 35.4 Å². The normalized spacial score (nSPS) is 11.8. The first-order chi connectivity index (χ1) is 9.71. The van der Waals surface area contributed by atoms with Gasteiger partial charge in [0.25, 0.3) is 0 Å². The third kappa shape index (κ3) is 6.74. The first-order valence-corrected chi connectivity index (χ1v) is 7.45. The second kappa shape index (κ2) is 7.57. The number of aryl methyl sites for hydroxylation is 1. The van der Waals surface area contributed by atoms with Crippen LogP contribution in [-0.4, -0.2) is 53.1 Å². The van der Waals surface area contributed by atoms with Gasteiger partial charge in [-0.15, -0.1) is 0 Å². The van der Waals surface area contributed by atoms with E-state index in [2.05, 4.69) is 19.1 Å². The largest absolute Gasteiger partial charge is 0.389 e. The monoisotopic (exact) mass is 292 g/mol. The van der Waals surface area contributed by atoms with Gasteiger partial charge in [-0.25, -0.2) is 0 Å². The fraction of sp³-hybridized carbons (Fsp3) is 0.588. The van der Waals surface area contributed by atoms with Gasteiger partial charge in [0.1, 0.15) is 0 Å². The first kappa shape index (κ1) is 17.7. The molecule has 0 spiro atoms. The molecule has 0 aromatic heterocycles. The zero-order valence-electron chi connectivity index (χ0n) is 13.9. The predicted octanol–water partition coefficient (Wildman–Crippen LogP) is 2.05. The van der Waals surface area contributed by atoms with Gasteiger partial charge in [0.2, 0.25) is 5.91 Å². The Balaban J connectivity index is 2.55. The lowest BCUT2D eigenvalue weighted by Gasteiger charge is -2.29. The number of hydrogen-bond acceptors (Lipinski definition) is 3. The van der Waals surface area contributed by atoms with Gasteiger partial charge in [0.15, 0.2) is 0 Å². The van der Waals surface area contributed by atoms with Crippen LogP contribution in [0.4, 0.5) is 0 Å². The first-order valence-electron chi connectivity index (χ1n) is 7.45. The molecule has 1 rings (SSSR count). The summed E-state index contributed by atoms with van der Waals surface area (Å²) in [6.45, 7) is 9.75. The van der Waals surface area contributed by atoms with E-state index in [1.54, 1.807) is 18.7 Å². The van der Waals surface area contributed by atoms with Crippen molar-refractivity contribution in [2.75, 3.05) is 26.7 Å². The van der Waals surface area contributed by atoms with Crippen LogP contribution in [0.5, 0.6) is 0 Å². The minimum absolute atomic E-state index is 0.0710. The Morgan fingerprint density at radius 2 is 1.81 bits per heavy atom. The number of carbonyl (C=O) groups is 1. The summed E-state index contributed by atoms with van der Waals surface area (Å²) in [5, 5.41) is 9.87. The molecule has 0 bridgehead atoms. The van der Waals surface area contributed by atoms with Crippen molar-refractivity contribution in [2.45, 2.75) is 39.8 Å². The van der Waals surface area contributed by atoms with E-state index in [1.807, 2.05) is 31.0 Å². The van der Waals surface area contributed by atoms with Crippen molar-refractivity contribution in [3.8, 4) is 0 Å². The van der Waals surface area contributed by atoms with Gasteiger partial charge in [-0.3, -0.25) is 9.69 Å². The summed E-state index contributed by atoms with van der Waals surface area (Å²) in [5.41, 5.74) is 1.56. The van der Waals surface area contributed by atoms with Gasteiger partial charge >= 0.3 is 0 Å². The molecule has 0 atom stereocenters. The van der Waals surface area contributed by atoms with Gasteiger partial charge in [0.05, 0.1) is 12.1 Å². The van der Waals surface area contributed by atoms with Crippen molar-refractivity contribution in [3.63, 3.8) is 0 Å². The molecule has 0 unspecified atom stereocenters. The molecule has 0 heterocycles. The number of carbonyl (C=O) groups excluding carboxylic acids is 1.